The number of nitrogens with one attached hydrogen (secondary N) is 2. The van der Waals surface area contributed by atoms with Gasteiger partial charge in [0.1, 0.15) is 12.4 Å². The second-order valence-electron chi connectivity index (χ2n) is 6.77. The summed E-state index contributed by atoms with van der Waals surface area (Å²) >= 11 is 0. The Morgan fingerprint density at radius 2 is 1.81 bits per heavy atom. The number of aromatic nitrogens is 3. The van der Waals surface area contributed by atoms with Crippen LogP contribution in [-0.2, 0) is 4.79 Å². The van der Waals surface area contributed by atoms with Crippen molar-refractivity contribution < 1.29 is 4.79 Å². The van der Waals surface area contributed by atoms with Gasteiger partial charge in [-0.2, -0.15) is 10.1 Å². The first-order valence-corrected chi connectivity index (χ1v) is 8.85. The topological polar surface area (TPSA) is 71.8 Å². The number of aryl methyl sites for hydroxylation is 2. The Morgan fingerprint density at radius 1 is 1.07 bits per heavy atom. The summed E-state index contributed by atoms with van der Waals surface area (Å²) in [4.78, 5) is 17.5. The fraction of sp³-hybridized carbons (Fsp3) is 0.190. The van der Waals surface area contributed by atoms with Gasteiger partial charge in [-0.1, -0.05) is 48.0 Å². The minimum absolute atomic E-state index is 0.152. The minimum atomic E-state index is -0.339. The van der Waals surface area contributed by atoms with E-state index in [4.69, 9.17) is 0 Å². The Morgan fingerprint density at radius 3 is 2.56 bits per heavy atom. The maximum Gasteiger partial charge on any atom is 0.255 e. The molecular weight excluding hydrogens is 338 g/mol. The van der Waals surface area contributed by atoms with Crippen LogP contribution in [0.2, 0.25) is 0 Å². The molecule has 4 rings (SSSR count). The van der Waals surface area contributed by atoms with Gasteiger partial charge in [-0.05, 0) is 38.0 Å². The van der Waals surface area contributed by atoms with E-state index in [1.165, 1.54) is 6.33 Å². The van der Waals surface area contributed by atoms with Crippen molar-refractivity contribution in [2.75, 3.05) is 10.6 Å². The first-order chi connectivity index (χ1) is 13.0. The largest absolute Gasteiger partial charge is 0.328 e. The molecule has 0 radical (unpaired) electrons. The predicted octanol–water partition coefficient (Wildman–Crippen LogP) is 3.82. The molecule has 1 aliphatic heterocycles. The quantitative estimate of drug-likeness (QED) is 0.746. The van der Waals surface area contributed by atoms with Gasteiger partial charge in [-0.15, -0.1) is 0 Å². The van der Waals surface area contributed by atoms with Crippen molar-refractivity contribution in [3.05, 3.63) is 82.8 Å². The number of fused-ring (bicyclic) bond motifs is 1. The predicted molar refractivity (Wildman–Crippen MR) is 105 cm³/mol. The zero-order chi connectivity index (χ0) is 19.0. The Labute approximate surface area is 157 Å². The summed E-state index contributed by atoms with van der Waals surface area (Å²) in [5, 5.41) is 10.6. The molecule has 3 aromatic rings. The van der Waals surface area contributed by atoms with Crippen molar-refractivity contribution in [3.8, 4) is 0 Å². The van der Waals surface area contributed by atoms with Gasteiger partial charge in [0.25, 0.3) is 5.91 Å². The first-order valence-electron chi connectivity index (χ1n) is 8.85. The number of hydrogen-bond donors (Lipinski definition) is 2. The smallest absolute Gasteiger partial charge is 0.255 e. The van der Waals surface area contributed by atoms with E-state index < -0.39 is 0 Å². The fourth-order valence-corrected chi connectivity index (χ4v) is 3.34. The molecule has 0 spiro atoms. The summed E-state index contributed by atoms with van der Waals surface area (Å²) in [7, 11) is 0. The van der Waals surface area contributed by atoms with E-state index in [0.29, 0.717) is 11.5 Å². The van der Waals surface area contributed by atoms with Gasteiger partial charge in [-0.25, -0.2) is 4.68 Å². The van der Waals surface area contributed by atoms with Gasteiger partial charge in [0.05, 0.1) is 5.57 Å². The lowest BCUT2D eigenvalue weighted by Crippen LogP contribution is -2.31. The molecule has 6 heteroatoms. The molecule has 2 heterocycles. The molecule has 0 bridgehead atoms. The number of anilines is 2. The molecule has 136 valence electrons. The third-order valence-corrected chi connectivity index (χ3v) is 4.83. The van der Waals surface area contributed by atoms with Crippen molar-refractivity contribution in [2.45, 2.75) is 26.8 Å². The number of rotatable bonds is 3. The third kappa shape index (κ3) is 3.10. The lowest BCUT2D eigenvalue weighted by molar-refractivity contribution is -0.113. The van der Waals surface area contributed by atoms with E-state index >= 15 is 0 Å². The highest BCUT2D eigenvalue weighted by Gasteiger charge is 2.33. The Hall–Kier alpha value is -3.41. The van der Waals surface area contributed by atoms with Gasteiger partial charge >= 0.3 is 0 Å². The standard InChI is InChI=1S/C21H21N5O/c1-13-8-10-16(11-9-13)19-18(15(3)24-21-22-12-23-26(19)21)20(27)25-17-7-5-4-6-14(17)2/h4-12,19H,1-3H3,(H,25,27)(H,22,23,24)/t19-/m1/s1. The van der Waals surface area contributed by atoms with Crippen LogP contribution in [-0.4, -0.2) is 20.7 Å². The van der Waals surface area contributed by atoms with Gasteiger partial charge < -0.3 is 10.6 Å². The summed E-state index contributed by atoms with van der Waals surface area (Å²) in [6, 6.07) is 15.6. The third-order valence-electron chi connectivity index (χ3n) is 4.83. The molecule has 2 N–H and O–H groups in total. The van der Waals surface area contributed by atoms with Crippen LogP contribution in [0.5, 0.6) is 0 Å². The number of nitrogens with zero attached hydrogens (tertiary/aromatic N) is 3. The molecule has 27 heavy (non-hydrogen) atoms. The summed E-state index contributed by atoms with van der Waals surface area (Å²) in [6.07, 6.45) is 1.50. The molecule has 1 aromatic heterocycles. The maximum atomic E-state index is 13.2. The van der Waals surface area contributed by atoms with E-state index in [1.54, 1.807) is 4.68 Å². The van der Waals surface area contributed by atoms with Crippen LogP contribution in [0.3, 0.4) is 0 Å². The van der Waals surface area contributed by atoms with Crippen molar-refractivity contribution in [3.63, 3.8) is 0 Å². The SMILES string of the molecule is CC1=C(C(=O)Nc2ccccc2C)[C@@H](c2ccc(C)cc2)n2ncnc2N1. The second-order valence-corrected chi connectivity index (χ2v) is 6.77. The van der Waals surface area contributed by atoms with Crippen molar-refractivity contribution in [2.24, 2.45) is 0 Å². The fourth-order valence-electron chi connectivity index (χ4n) is 3.34. The van der Waals surface area contributed by atoms with Crippen LogP contribution < -0.4 is 10.6 Å². The molecule has 1 aliphatic rings. The molecule has 0 aliphatic carbocycles. The number of allylic oxidation sites excluding steroid dienone is 1. The van der Waals surface area contributed by atoms with Crippen LogP contribution in [0.25, 0.3) is 0 Å². The molecule has 6 nitrogen and oxygen atoms in total. The summed E-state index contributed by atoms with van der Waals surface area (Å²) in [5.41, 5.74) is 5.37. The molecule has 0 saturated heterocycles. The average molecular weight is 359 g/mol. The normalized spacial score (nSPS) is 15.9. The lowest BCUT2D eigenvalue weighted by atomic mass is 9.94. The summed E-state index contributed by atoms with van der Waals surface area (Å²) in [6.45, 7) is 5.91. The van der Waals surface area contributed by atoms with Gasteiger partial charge in [0.15, 0.2) is 0 Å². The van der Waals surface area contributed by atoms with Crippen LogP contribution in [0.1, 0.15) is 29.7 Å². The first kappa shape index (κ1) is 17.0. The number of para-hydroxylation sites is 1. The molecule has 0 fully saturated rings. The monoisotopic (exact) mass is 359 g/mol. The second kappa shape index (κ2) is 6.72. The van der Waals surface area contributed by atoms with Crippen molar-refractivity contribution in [1.82, 2.24) is 14.8 Å². The van der Waals surface area contributed by atoms with Crippen LogP contribution in [0, 0.1) is 13.8 Å². The molecule has 1 amide bonds. The van der Waals surface area contributed by atoms with E-state index in [1.807, 2.05) is 69.3 Å². The van der Waals surface area contributed by atoms with E-state index in [2.05, 4.69) is 20.7 Å². The number of benzene rings is 2. The van der Waals surface area contributed by atoms with Gasteiger partial charge in [-0.3, -0.25) is 4.79 Å². The number of amides is 1. The number of carbonyl (C=O) groups is 1. The summed E-state index contributed by atoms with van der Waals surface area (Å²) in [5.74, 6) is 0.478. The minimum Gasteiger partial charge on any atom is -0.328 e. The van der Waals surface area contributed by atoms with Crippen LogP contribution in [0.15, 0.2) is 66.1 Å². The highest BCUT2D eigenvalue weighted by molar-refractivity contribution is 6.06. The van der Waals surface area contributed by atoms with Gasteiger partial charge in [0.2, 0.25) is 5.95 Å². The van der Waals surface area contributed by atoms with Crippen LogP contribution in [0.4, 0.5) is 11.6 Å². The zero-order valence-electron chi connectivity index (χ0n) is 15.5. The summed E-state index contributed by atoms with van der Waals surface area (Å²) < 4.78 is 1.75. The van der Waals surface area contributed by atoms with E-state index in [-0.39, 0.29) is 11.9 Å². The van der Waals surface area contributed by atoms with Gasteiger partial charge in [0, 0.05) is 11.4 Å². The van der Waals surface area contributed by atoms with E-state index in [0.717, 1.165) is 28.1 Å². The Kier molecular flexibility index (Phi) is 4.24. The van der Waals surface area contributed by atoms with Crippen LogP contribution >= 0.6 is 0 Å². The van der Waals surface area contributed by atoms with Crippen molar-refractivity contribution >= 4 is 17.5 Å². The Bertz CT molecular complexity index is 1030. The maximum absolute atomic E-state index is 13.2. The number of carbonyl (C=O) groups excluding carboxylic acids is 1. The highest BCUT2D eigenvalue weighted by atomic mass is 16.1. The van der Waals surface area contributed by atoms with E-state index in [9.17, 15) is 4.79 Å². The molecule has 1 atom stereocenters. The Balaban J connectivity index is 1.77. The molecular formula is C21H21N5O. The average Bonchev–Trinajstić information content (AvgIpc) is 3.11. The molecule has 2 aromatic carbocycles. The zero-order valence-corrected chi connectivity index (χ0v) is 15.5. The highest BCUT2D eigenvalue weighted by Crippen LogP contribution is 2.35. The molecule has 0 unspecified atom stereocenters. The van der Waals surface area contributed by atoms with Crippen molar-refractivity contribution in [1.29, 1.82) is 0 Å². The lowest BCUT2D eigenvalue weighted by Gasteiger charge is -2.29. The molecule has 0 saturated carbocycles. The number of hydrogen-bond acceptors (Lipinski definition) is 4.